The van der Waals surface area contributed by atoms with E-state index in [1.54, 1.807) is 28.1 Å². The van der Waals surface area contributed by atoms with Gasteiger partial charge < -0.3 is 0 Å². The first kappa shape index (κ1) is 10.2. The normalized spacial score (nSPS) is 11.1. The third-order valence-corrected chi connectivity index (χ3v) is 3.95. The Morgan fingerprint density at radius 2 is 2.12 bits per heavy atom. The molecule has 0 N–H and O–H groups in total. The Kier molecular flexibility index (Phi) is 2.42. The van der Waals surface area contributed by atoms with Crippen LogP contribution in [0.15, 0.2) is 28.3 Å². The van der Waals surface area contributed by atoms with Crippen LogP contribution in [0.5, 0.6) is 0 Å². The zero-order valence-electron chi connectivity index (χ0n) is 7.76. The molecule has 0 aliphatic carbocycles. The smallest absolute Gasteiger partial charge is 0.180 e. The number of hydrogen-bond acceptors (Lipinski definition) is 4. The summed E-state index contributed by atoms with van der Waals surface area (Å²) in [6, 6.07) is 3.94. The molecular weight excluding hydrogens is 312 g/mol. The molecule has 0 saturated carbocycles. The molecule has 3 rings (SSSR count). The molecule has 0 aliphatic heterocycles. The summed E-state index contributed by atoms with van der Waals surface area (Å²) in [6.45, 7) is 0. The van der Waals surface area contributed by atoms with Crippen LogP contribution >= 0.6 is 38.9 Å². The Bertz CT molecular complexity index is 662. The van der Waals surface area contributed by atoms with Crippen molar-refractivity contribution in [2.75, 3.05) is 0 Å². The minimum atomic E-state index is 0.502. The maximum absolute atomic E-state index is 6.07. The van der Waals surface area contributed by atoms with Crippen LogP contribution in [0, 0.1) is 0 Å². The summed E-state index contributed by atoms with van der Waals surface area (Å²) in [5.41, 5.74) is 0.645. The molecule has 0 aliphatic rings. The fourth-order valence-corrected chi connectivity index (χ4v) is 2.99. The third-order valence-electron chi connectivity index (χ3n) is 2.07. The fraction of sp³-hybridized carbons (Fsp3) is 0. The molecule has 80 valence electrons. The molecule has 3 heterocycles. The number of nitrogens with zero attached hydrogens (tertiary/aromatic N) is 4. The molecule has 0 radical (unpaired) electrons. The van der Waals surface area contributed by atoms with Crippen LogP contribution < -0.4 is 0 Å². The van der Waals surface area contributed by atoms with Gasteiger partial charge in [0.05, 0.1) is 21.1 Å². The van der Waals surface area contributed by atoms with Crippen LogP contribution in [0.1, 0.15) is 0 Å². The molecule has 0 saturated heterocycles. The highest BCUT2D eigenvalue weighted by molar-refractivity contribution is 9.11. The van der Waals surface area contributed by atoms with Crippen molar-refractivity contribution in [3.05, 3.63) is 33.5 Å². The molecule has 0 bridgehead atoms. The van der Waals surface area contributed by atoms with Crippen LogP contribution in [-0.4, -0.2) is 19.6 Å². The summed E-state index contributed by atoms with van der Waals surface area (Å²) in [5.74, 6) is 0.734. The van der Waals surface area contributed by atoms with Gasteiger partial charge in [-0.2, -0.15) is 0 Å². The number of halogens is 2. The molecule has 3 aromatic heterocycles. The summed E-state index contributed by atoms with van der Waals surface area (Å²) in [7, 11) is 0. The summed E-state index contributed by atoms with van der Waals surface area (Å²) in [5, 5.41) is 8.64. The lowest BCUT2D eigenvalue weighted by molar-refractivity contribution is 1.12. The van der Waals surface area contributed by atoms with Gasteiger partial charge in [-0.25, -0.2) is 0 Å². The van der Waals surface area contributed by atoms with E-state index in [4.69, 9.17) is 11.6 Å². The van der Waals surface area contributed by atoms with Crippen molar-refractivity contribution in [2.24, 2.45) is 0 Å². The first-order valence-electron chi connectivity index (χ1n) is 4.36. The quantitative estimate of drug-likeness (QED) is 0.692. The Morgan fingerprint density at radius 3 is 2.88 bits per heavy atom. The summed E-state index contributed by atoms with van der Waals surface area (Å²) in [6.07, 6.45) is 3.20. The van der Waals surface area contributed by atoms with Crippen molar-refractivity contribution >= 4 is 44.5 Å². The lowest BCUT2D eigenvalue weighted by Gasteiger charge is -1.98. The zero-order chi connectivity index (χ0) is 11.1. The van der Waals surface area contributed by atoms with E-state index in [2.05, 4.69) is 31.1 Å². The third kappa shape index (κ3) is 1.53. The van der Waals surface area contributed by atoms with Crippen molar-refractivity contribution < 1.29 is 0 Å². The van der Waals surface area contributed by atoms with Gasteiger partial charge in [-0.15, -0.1) is 21.5 Å². The van der Waals surface area contributed by atoms with Gasteiger partial charge in [0, 0.05) is 0 Å². The van der Waals surface area contributed by atoms with Crippen molar-refractivity contribution in [2.45, 2.75) is 0 Å². The van der Waals surface area contributed by atoms with Gasteiger partial charge in [0.15, 0.2) is 11.5 Å². The van der Waals surface area contributed by atoms with Gasteiger partial charge in [-0.1, -0.05) is 11.6 Å². The molecule has 0 spiro atoms. The van der Waals surface area contributed by atoms with Crippen molar-refractivity contribution in [1.82, 2.24) is 19.6 Å². The monoisotopic (exact) mass is 314 g/mol. The molecule has 16 heavy (non-hydrogen) atoms. The second-order valence-corrected chi connectivity index (χ2v) is 5.90. The average molecular weight is 316 g/mol. The van der Waals surface area contributed by atoms with E-state index in [0.29, 0.717) is 10.8 Å². The number of aromatic nitrogens is 4. The number of thiophene rings is 1. The Morgan fingerprint density at radius 1 is 1.25 bits per heavy atom. The van der Waals surface area contributed by atoms with E-state index < -0.39 is 0 Å². The number of rotatable bonds is 1. The van der Waals surface area contributed by atoms with E-state index in [1.807, 2.05) is 12.1 Å². The predicted octanol–water partition coefficient (Wildman–Crippen LogP) is 3.27. The lowest BCUT2D eigenvalue weighted by atomic mass is 10.4. The molecular formula is C9H4BrClN4S. The zero-order valence-corrected chi connectivity index (χ0v) is 10.9. The van der Waals surface area contributed by atoms with Gasteiger partial charge in [0.25, 0.3) is 0 Å². The van der Waals surface area contributed by atoms with Gasteiger partial charge in [0.1, 0.15) is 5.15 Å². The molecule has 0 atom stereocenters. The fourth-order valence-electron chi connectivity index (χ4n) is 1.41. The maximum Gasteiger partial charge on any atom is 0.180 e. The average Bonchev–Trinajstić information content (AvgIpc) is 2.84. The topological polar surface area (TPSA) is 43.1 Å². The summed E-state index contributed by atoms with van der Waals surface area (Å²) >= 11 is 11.1. The minimum Gasteiger partial charge on any atom is -0.262 e. The van der Waals surface area contributed by atoms with Gasteiger partial charge in [0.2, 0.25) is 0 Å². The maximum atomic E-state index is 6.07. The number of fused-ring (bicyclic) bond motifs is 1. The Hall–Kier alpha value is -0.980. The summed E-state index contributed by atoms with van der Waals surface area (Å²) < 4.78 is 2.82. The number of hydrogen-bond donors (Lipinski definition) is 0. The Labute approximate surface area is 108 Å². The van der Waals surface area contributed by atoms with Crippen LogP contribution in [0.3, 0.4) is 0 Å². The predicted molar refractivity (Wildman–Crippen MR) is 66.8 cm³/mol. The highest BCUT2D eigenvalue weighted by Gasteiger charge is 2.12. The second-order valence-electron chi connectivity index (χ2n) is 3.05. The van der Waals surface area contributed by atoms with Crippen molar-refractivity contribution in [3.63, 3.8) is 0 Å². The highest BCUT2D eigenvalue weighted by Crippen LogP contribution is 2.31. The highest BCUT2D eigenvalue weighted by atomic mass is 79.9. The largest absolute Gasteiger partial charge is 0.262 e. The lowest BCUT2D eigenvalue weighted by Crippen LogP contribution is -1.90. The second kappa shape index (κ2) is 3.80. The summed E-state index contributed by atoms with van der Waals surface area (Å²) in [4.78, 5) is 4.97. The van der Waals surface area contributed by atoms with Crippen LogP contribution in [0.25, 0.3) is 16.3 Å². The molecule has 0 aromatic carbocycles. The van der Waals surface area contributed by atoms with E-state index in [0.717, 1.165) is 14.5 Å². The molecule has 0 amide bonds. The van der Waals surface area contributed by atoms with Crippen LogP contribution in [-0.2, 0) is 0 Å². The van der Waals surface area contributed by atoms with Gasteiger partial charge in [-0.3, -0.25) is 9.38 Å². The first-order chi connectivity index (χ1) is 7.75. The molecule has 3 aromatic rings. The minimum absolute atomic E-state index is 0.502. The first-order valence-corrected chi connectivity index (χ1v) is 6.35. The van der Waals surface area contributed by atoms with Gasteiger partial charge in [-0.05, 0) is 28.1 Å². The SMILES string of the molecule is Clc1cncc2nnc(-c3ccc(Br)s3)n12. The van der Waals surface area contributed by atoms with E-state index in [9.17, 15) is 0 Å². The standard InChI is InChI=1S/C9H4BrClN4S/c10-6-2-1-5(16-6)9-14-13-8-4-12-3-7(11)15(8)9/h1-4H. The van der Waals surface area contributed by atoms with E-state index in [-0.39, 0.29) is 0 Å². The van der Waals surface area contributed by atoms with Crippen LogP contribution in [0.4, 0.5) is 0 Å². The van der Waals surface area contributed by atoms with Gasteiger partial charge >= 0.3 is 0 Å². The molecule has 0 unspecified atom stereocenters. The van der Waals surface area contributed by atoms with Crippen molar-refractivity contribution in [1.29, 1.82) is 0 Å². The molecule has 7 heteroatoms. The van der Waals surface area contributed by atoms with Crippen molar-refractivity contribution in [3.8, 4) is 10.7 Å². The Balaban J connectivity index is 2.32. The van der Waals surface area contributed by atoms with E-state index >= 15 is 0 Å². The van der Waals surface area contributed by atoms with E-state index in [1.165, 1.54) is 0 Å². The molecule has 0 fully saturated rings. The molecule has 4 nitrogen and oxygen atoms in total. The van der Waals surface area contributed by atoms with Crippen LogP contribution in [0.2, 0.25) is 5.15 Å².